The normalized spacial score (nSPS) is 12.3. The van der Waals surface area contributed by atoms with Crippen LogP contribution >= 0.6 is 0 Å². The quantitative estimate of drug-likeness (QED) is 0.103. The van der Waals surface area contributed by atoms with Gasteiger partial charge in [-0.15, -0.1) is 0 Å². The molecule has 8 N–H and O–H groups in total. The van der Waals surface area contributed by atoms with E-state index in [1.165, 1.54) is 51.4 Å². The summed E-state index contributed by atoms with van der Waals surface area (Å²) in [6.45, 7) is 9.04. The van der Waals surface area contributed by atoms with Gasteiger partial charge in [-0.25, -0.2) is 0 Å². The second-order valence-electron chi connectivity index (χ2n) is 8.78. The molecule has 0 radical (unpaired) electrons. The Morgan fingerprint density at radius 2 is 1.24 bits per heavy atom. The Labute approximate surface area is 201 Å². The molecule has 196 valence electrons. The number of carboxylic acids is 1. The number of aliphatic carboxylic acids is 1. The number of hydrogen-bond donors (Lipinski definition) is 6. The molecule has 1 atom stereocenters. The zero-order valence-corrected chi connectivity index (χ0v) is 21.1. The van der Waals surface area contributed by atoms with E-state index < -0.39 is 17.9 Å². The van der Waals surface area contributed by atoms with Gasteiger partial charge in [0.15, 0.2) is 0 Å². The number of amides is 1. The van der Waals surface area contributed by atoms with Crippen molar-refractivity contribution in [2.75, 3.05) is 58.9 Å². The number of hydrogen-bond acceptors (Lipinski definition) is 7. The summed E-state index contributed by atoms with van der Waals surface area (Å²) < 4.78 is 0. The van der Waals surface area contributed by atoms with E-state index in [1.54, 1.807) is 0 Å². The van der Waals surface area contributed by atoms with E-state index >= 15 is 0 Å². The summed E-state index contributed by atoms with van der Waals surface area (Å²) in [5.41, 5.74) is 10.7. The molecule has 33 heavy (non-hydrogen) atoms. The lowest BCUT2D eigenvalue weighted by Crippen LogP contribution is -2.47. The molecule has 1 unspecified atom stereocenters. The van der Waals surface area contributed by atoms with Crippen LogP contribution in [-0.4, -0.2) is 86.8 Å². The molecule has 0 fully saturated rings. The summed E-state index contributed by atoms with van der Waals surface area (Å²) in [7, 11) is 0. The van der Waals surface area contributed by atoms with Gasteiger partial charge in [0.05, 0.1) is 6.42 Å². The molecule has 9 heteroatoms. The van der Waals surface area contributed by atoms with Crippen LogP contribution in [0.15, 0.2) is 0 Å². The molecule has 0 aliphatic carbocycles. The third kappa shape index (κ3) is 21.0. The highest BCUT2D eigenvalue weighted by Crippen LogP contribution is 2.12. The van der Waals surface area contributed by atoms with E-state index in [2.05, 4.69) is 22.9 Å². The fraction of sp³-hybridized carbons (Fsp3) is 0.917. The summed E-state index contributed by atoms with van der Waals surface area (Å²) in [4.78, 5) is 25.0. The molecule has 0 spiro atoms. The van der Waals surface area contributed by atoms with Gasteiger partial charge in [-0.3, -0.25) is 14.5 Å². The average Bonchev–Trinajstić information content (AvgIpc) is 2.78. The van der Waals surface area contributed by atoms with Crippen molar-refractivity contribution in [2.45, 2.75) is 83.6 Å². The summed E-state index contributed by atoms with van der Waals surface area (Å²) in [6.07, 6.45) is 12.2. The van der Waals surface area contributed by atoms with Crippen molar-refractivity contribution >= 4 is 11.9 Å². The molecule has 9 nitrogen and oxygen atoms in total. The summed E-state index contributed by atoms with van der Waals surface area (Å²) >= 11 is 0. The molecule has 0 aromatic carbocycles. The van der Waals surface area contributed by atoms with Crippen LogP contribution in [0.3, 0.4) is 0 Å². The number of unbranched alkanes of at least 4 members (excludes halogenated alkanes) is 9. The molecule has 0 heterocycles. The number of nitrogens with one attached hydrogen (secondary N) is 3. The van der Waals surface area contributed by atoms with E-state index in [0.29, 0.717) is 26.2 Å². The van der Waals surface area contributed by atoms with Gasteiger partial charge in [-0.1, -0.05) is 64.7 Å². The van der Waals surface area contributed by atoms with Crippen molar-refractivity contribution in [2.24, 2.45) is 11.5 Å². The average molecular weight is 473 g/mol. The first-order valence-electron chi connectivity index (χ1n) is 13.1. The fourth-order valence-electron chi connectivity index (χ4n) is 3.84. The molecule has 0 aliphatic heterocycles. The number of rotatable bonds is 26. The number of carbonyl (C=O) groups is 2. The van der Waals surface area contributed by atoms with Crippen LogP contribution in [-0.2, 0) is 9.59 Å². The fourth-order valence-corrected chi connectivity index (χ4v) is 3.84. The predicted octanol–water partition coefficient (Wildman–Crippen LogP) is 1.27. The van der Waals surface area contributed by atoms with Gasteiger partial charge in [0.1, 0.15) is 6.04 Å². The lowest BCUT2D eigenvalue weighted by atomic mass is 10.1. The minimum absolute atomic E-state index is 0.148. The monoisotopic (exact) mass is 472 g/mol. The van der Waals surface area contributed by atoms with Crippen molar-refractivity contribution < 1.29 is 14.7 Å². The van der Waals surface area contributed by atoms with Gasteiger partial charge < -0.3 is 32.5 Å². The molecule has 0 aromatic rings. The number of primary amides is 1. The first kappa shape index (κ1) is 31.7. The Balaban J connectivity index is 4.14. The highest BCUT2D eigenvalue weighted by molar-refractivity contribution is 5.83. The summed E-state index contributed by atoms with van der Waals surface area (Å²) in [5, 5.41) is 19.5. The highest BCUT2D eigenvalue weighted by Gasteiger charge is 2.26. The zero-order valence-electron chi connectivity index (χ0n) is 21.1. The van der Waals surface area contributed by atoms with Crippen LogP contribution in [0.2, 0.25) is 0 Å². The second-order valence-corrected chi connectivity index (χ2v) is 8.78. The van der Waals surface area contributed by atoms with Crippen LogP contribution in [0.25, 0.3) is 0 Å². The first-order chi connectivity index (χ1) is 16.0. The lowest BCUT2D eigenvalue weighted by Gasteiger charge is -2.28. The topological polar surface area (TPSA) is 146 Å². The van der Waals surface area contributed by atoms with E-state index in [4.69, 9.17) is 11.5 Å². The number of carbonyl (C=O) groups excluding carboxylic acids is 1. The Morgan fingerprint density at radius 3 is 1.73 bits per heavy atom. The van der Waals surface area contributed by atoms with Crippen LogP contribution in [0.5, 0.6) is 0 Å². The second kappa shape index (κ2) is 23.9. The van der Waals surface area contributed by atoms with Gasteiger partial charge in [0.2, 0.25) is 5.91 Å². The smallest absolute Gasteiger partial charge is 0.321 e. The van der Waals surface area contributed by atoms with Crippen molar-refractivity contribution in [3.05, 3.63) is 0 Å². The Hall–Kier alpha value is -1.26. The third-order valence-corrected chi connectivity index (χ3v) is 5.77. The molecule has 0 aliphatic rings. The van der Waals surface area contributed by atoms with Crippen LogP contribution in [0.1, 0.15) is 77.6 Å². The van der Waals surface area contributed by atoms with Crippen LogP contribution in [0, 0.1) is 0 Å². The Morgan fingerprint density at radius 1 is 0.758 bits per heavy atom. The largest absolute Gasteiger partial charge is 0.480 e. The highest BCUT2D eigenvalue weighted by atomic mass is 16.4. The van der Waals surface area contributed by atoms with Crippen LogP contribution < -0.4 is 27.4 Å². The molecule has 0 aromatic heterocycles. The predicted molar refractivity (Wildman–Crippen MR) is 136 cm³/mol. The summed E-state index contributed by atoms with van der Waals surface area (Å²) in [5.74, 6) is -1.55. The van der Waals surface area contributed by atoms with E-state index in [1.807, 2.05) is 4.90 Å². The molecular formula is C24H52N6O3. The van der Waals surface area contributed by atoms with E-state index in [9.17, 15) is 14.7 Å². The zero-order chi connectivity index (χ0) is 24.6. The molecule has 1 amide bonds. The van der Waals surface area contributed by atoms with Gasteiger partial charge >= 0.3 is 5.97 Å². The van der Waals surface area contributed by atoms with Gasteiger partial charge in [0.25, 0.3) is 0 Å². The first-order valence-corrected chi connectivity index (χ1v) is 13.1. The van der Waals surface area contributed by atoms with Crippen molar-refractivity contribution in [1.82, 2.24) is 20.9 Å². The Kier molecular flexibility index (Phi) is 23.0. The standard InChI is InChI=1S/C24H52N6O3/c1-2-3-4-5-6-7-8-9-10-11-19-30(22(24(32)33)21-23(26)31)20-18-29-17-16-28-15-14-27-13-12-25/h22,27-29H,2-21,25H2,1H3,(H2,26,31)(H,32,33). The number of nitrogens with zero attached hydrogens (tertiary/aromatic N) is 1. The minimum atomic E-state index is -0.979. The maximum atomic E-state index is 11.7. The maximum absolute atomic E-state index is 11.7. The Bertz CT molecular complexity index is 443. The molecular weight excluding hydrogens is 420 g/mol. The molecule has 0 rings (SSSR count). The number of nitrogens with two attached hydrogens (primary N) is 2. The van der Waals surface area contributed by atoms with Gasteiger partial charge in [-0.2, -0.15) is 0 Å². The molecule has 0 bridgehead atoms. The van der Waals surface area contributed by atoms with Crippen molar-refractivity contribution in [3.63, 3.8) is 0 Å². The lowest BCUT2D eigenvalue weighted by molar-refractivity contribution is -0.145. The maximum Gasteiger partial charge on any atom is 0.321 e. The SMILES string of the molecule is CCCCCCCCCCCCN(CCNCCNCCNCCN)C(CC(N)=O)C(=O)O. The van der Waals surface area contributed by atoms with Crippen molar-refractivity contribution in [1.29, 1.82) is 0 Å². The van der Waals surface area contributed by atoms with Crippen molar-refractivity contribution in [3.8, 4) is 0 Å². The van der Waals surface area contributed by atoms with Gasteiger partial charge in [0, 0.05) is 52.4 Å². The number of carboxylic acid groups (broad SMARTS) is 1. The third-order valence-electron chi connectivity index (χ3n) is 5.77. The molecule has 0 saturated carbocycles. The molecule has 0 saturated heterocycles. The van der Waals surface area contributed by atoms with Crippen LogP contribution in [0.4, 0.5) is 0 Å². The summed E-state index contributed by atoms with van der Waals surface area (Å²) in [6, 6.07) is -0.852. The van der Waals surface area contributed by atoms with E-state index in [-0.39, 0.29) is 6.42 Å². The van der Waals surface area contributed by atoms with Gasteiger partial charge in [-0.05, 0) is 13.0 Å². The minimum Gasteiger partial charge on any atom is -0.480 e. The van der Waals surface area contributed by atoms with E-state index in [0.717, 1.165) is 45.6 Å².